The lowest BCUT2D eigenvalue weighted by atomic mass is 10.1. The molecule has 5 rings (SSSR count). The summed E-state index contributed by atoms with van der Waals surface area (Å²) in [4.78, 5) is 27.8. The van der Waals surface area contributed by atoms with Gasteiger partial charge in [-0.25, -0.2) is 9.97 Å². The van der Waals surface area contributed by atoms with E-state index in [-0.39, 0.29) is 12.1 Å². The van der Waals surface area contributed by atoms with Gasteiger partial charge in [-0.05, 0) is 55.3 Å². The molecule has 0 radical (unpaired) electrons. The predicted octanol–water partition coefficient (Wildman–Crippen LogP) is 4.52. The van der Waals surface area contributed by atoms with Crippen LogP contribution in [-0.4, -0.2) is 36.2 Å². The third kappa shape index (κ3) is 4.09. The van der Waals surface area contributed by atoms with Crippen molar-refractivity contribution < 1.29 is 5.11 Å². The number of anilines is 1. The van der Waals surface area contributed by atoms with Gasteiger partial charge in [0.25, 0.3) is 5.56 Å². The standard InChI is InChI=1S/C25H23ClN6O2/c1-14-10-18(32-9-8-27-15(32)2)12-20-23(14)31-24(30-20)22-19(6-7-28-25(22)34)29-13-21(33)16-4-3-5-17(26)11-16/h3-12,21,33H,13H2,1-2H3,(H,30,31)(H2,28,29,34). The second kappa shape index (κ2) is 8.81. The van der Waals surface area contributed by atoms with Gasteiger partial charge in [0.2, 0.25) is 0 Å². The van der Waals surface area contributed by atoms with Crippen molar-refractivity contribution in [3.05, 3.63) is 93.4 Å². The lowest BCUT2D eigenvalue weighted by Crippen LogP contribution is -2.17. The molecule has 1 atom stereocenters. The minimum atomic E-state index is -0.801. The first-order valence-corrected chi connectivity index (χ1v) is 11.2. The summed E-state index contributed by atoms with van der Waals surface area (Å²) in [6, 6.07) is 12.8. The van der Waals surface area contributed by atoms with Gasteiger partial charge >= 0.3 is 0 Å². The molecule has 3 heterocycles. The quantitative estimate of drug-likeness (QED) is 0.289. The molecular weight excluding hydrogens is 452 g/mol. The number of benzene rings is 2. The van der Waals surface area contributed by atoms with Crippen molar-refractivity contribution in [2.24, 2.45) is 0 Å². The maximum Gasteiger partial charge on any atom is 0.261 e. The van der Waals surface area contributed by atoms with Crippen LogP contribution >= 0.6 is 11.6 Å². The third-order valence-electron chi connectivity index (χ3n) is 5.78. The molecule has 0 aliphatic rings. The fourth-order valence-electron chi connectivity index (χ4n) is 4.08. The van der Waals surface area contributed by atoms with Crippen LogP contribution in [-0.2, 0) is 0 Å². The molecular formula is C25H23ClN6O2. The van der Waals surface area contributed by atoms with Crippen molar-refractivity contribution in [1.29, 1.82) is 0 Å². The van der Waals surface area contributed by atoms with Crippen LogP contribution in [0, 0.1) is 13.8 Å². The number of rotatable bonds is 6. The molecule has 0 saturated carbocycles. The van der Waals surface area contributed by atoms with Gasteiger partial charge in [-0.2, -0.15) is 0 Å². The maximum absolute atomic E-state index is 12.8. The van der Waals surface area contributed by atoms with Crippen molar-refractivity contribution >= 4 is 28.3 Å². The van der Waals surface area contributed by atoms with Gasteiger partial charge in [0.05, 0.1) is 22.8 Å². The molecule has 8 nitrogen and oxygen atoms in total. The summed E-state index contributed by atoms with van der Waals surface area (Å²) in [7, 11) is 0. The molecule has 0 amide bonds. The van der Waals surface area contributed by atoms with Crippen molar-refractivity contribution in [3.8, 4) is 17.1 Å². The highest BCUT2D eigenvalue weighted by molar-refractivity contribution is 6.30. The van der Waals surface area contributed by atoms with Crippen LogP contribution in [0.1, 0.15) is 23.1 Å². The van der Waals surface area contributed by atoms with E-state index in [4.69, 9.17) is 16.6 Å². The zero-order valence-electron chi connectivity index (χ0n) is 18.6. The fourth-order valence-corrected chi connectivity index (χ4v) is 4.28. The van der Waals surface area contributed by atoms with Crippen LogP contribution in [0.15, 0.2) is 65.8 Å². The minimum absolute atomic E-state index is 0.195. The molecule has 1 unspecified atom stereocenters. The van der Waals surface area contributed by atoms with Gasteiger partial charge in [0.1, 0.15) is 17.2 Å². The van der Waals surface area contributed by atoms with E-state index < -0.39 is 6.10 Å². The van der Waals surface area contributed by atoms with Crippen LogP contribution < -0.4 is 10.9 Å². The SMILES string of the molecule is Cc1cc(-n2ccnc2C)cc2[nH]c(-c3c(NCC(O)c4cccc(Cl)c4)cc[nH]c3=O)nc12. The van der Waals surface area contributed by atoms with Gasteiger partial charge in [0.15, 0.2) is 0 Å². The van der Waals surface area contributed by atoms with Crippen LogP contribution in [0.2, 0.25) is 5.02 Å². The Bertz CT molecular complexity index is 1550. The molecule has 9 heteroatoms. The van der Waals surface area contributed by atoms with E-state index in [1.807, 2.05) is 36.7 Å². The zero-order valence-corrected chi connectivity index (χ0v) is 19.4. The number of aryl methyl sites for hydroxylation is 2. The molecule has 0 bridgehead atoms. The lowest BCUT2D eigenvalue weighted by molar-refractivity contribution is 0.191. The van der Waals surface area contributed by atoms with Crippen LogP contribution in [0.3, 0.4) is 0 Å². The number of aromatic amines is 2. The minimum Gasteiger partial charge on any atom is -0.387 e. The Morgan fingerprint density at radius 3 is 2.82 bits per heavy atom. The molecule has 0 aliphatic carbocycles. The predicted molar refractivity (Wildman–Crippen MR) is 134 cm³/mol. The smallest absolute Gasteiger partial charge is 0.261 e. The van der Waals surface area contributed by atoms with Gasteiger partial charge < -0.3 is 25.0 Å². The van der Waals surface area contributed by atoms with E-state index in [9.17, 15) is 9.90 Å². The van der Waals surface area contributed by atoms with E-state index in [0.29, 0.717) is 27.7 Å². The number of hydrogen-bond donors (Lipinski definition) is 4. The number of aliphatic hydroxyl groups is 1. The van der Waals surface area contributed by atoms with E-state index in [1.165, 1.54) is 0 Å². The van der Waals surface area contributed by atoms with Gasteiger partial charge in [-0.15, -0.1) is 0 Å². The molecule has 34 heavy (non-hydrogen) atoms. The van der Waals surface area contributed by atoms with Gasteiger partial charge in [-0.3, -0.25) is 4.79 Å². The van der Waals surface area contributed by atoms with Gasteiger partial charge in [0, 0.05) is 35.8 Å². The number of aromatic nitrogens is 5. The Morgan fingerprint density at radius 1 is 1.21 bits per heavy atom. The first kappa shape index (κ1) is 21.9. The number of nitrogens with one attached hydrogen (secondary N) is 3. The molecule has 3 aromatic heterocycles. The van der Waals surface area contributed by atoms with Crippen LogP contribution in [0.4, 0.5) is 5.69 Å². The highest BCUT2D eigenvalue weighted by Gasteiger charge is 2.17. The molecule has 0 spiro atoms. The molecule has 0 aliphatic heterocycles. The summed E-state index contributed by atoms with van der Waals surface area (Å²) in [5.41, 5.74) is 4.86. The number of imidazole rings is 2. The van der Waals surface area contributed by atoms with E-state index in [0.717, 1.165) is 28.1 Å². The Morgan fingerprint density at radius 2 is 2.06 bits per heavy atom. The number of aliphatic hydroxyl groups excluding tert-OH is 1. The summed E-state index contributed by atoms with van der Waals surface area (Å²) >= 11 is 6.04. The zero-order chi connectivity index (χ0) is 23.8. The second-order valence-electron chi connectivity index (χ2n) is 8.14. The molecule has 5 aromatic rings. The van der Waals surface area contributed by atoms with Crippen LogP contribution in [0.25, 0.3) is 28.1 Å². The highest BCUT2D eigenvalue weighted by atomic mass is 35.5. The Labute approximate surface area is 200 Å². The van der Waals surface area contributed by atoms with E-state index in [1.54, 1.807) is 42.7 Å². The maximum atomic E-state index is 12.8. The fraction of sp³-hybridized carbons (Fsp3) is 0.160. The Balaban J connectivity index is 1.50. The Kier molecular flexibility index (Phi) is 5.69. The van der Waals surface area contributed by atoms with Gasteiger partial charge in [-0.1, -0.05) is 23.7 Å². The topological polar surface area (TPSA) is 112 Å². The number of halogens is 1. The number of H-pyrrole nitrogens is 2. The number of hydrogen-bond acceptors (Lipinski definition) is 5. The average molecular weight is 475 g/mol. The van der Waals surface area contributed by atoms with E-state index >= 15 is 0 Å². The number of pyridine rings is 1. The monoisotopic (exact) mass is 474 g/mol. The Hall–Kier alpha value is -3.88. The summed E-state index contributed by atoms with van der Waals surface area (Å²) in [6.07, 6.45) is 4.42. The second-order valence-corrected chi connectivity index (χ2v) is 8.57. The highest BCUT2D eigenvalue weighted by Crippen LogP contribution is 2.28. The molecule has 0 saturated heterocycles. The number of nitrogens with zero attached hydrogens (tertiary/aromatic N) is 3. The first-order chi connectivity index (χ1) is 16.4. The van der Waals surface area contributed by atoms with Crippen LogP contribution in [0.5, 0.6) is 0 Å². The molecule has 4 N–H and O–H groups in total. The molecule has 172 valence electrons. The van der Waals surface area contributed by atoms with Crippen molar-refractivity contribution in [1.82, 2.24) is 24.5 Å². The van der Waals surface area contributed by atoms with E-state index in [2.05, 4.69) is 20.3 Å². The lowest BCUT2D eigenvalue weighted by Gasteiger charge is -2.15. The van der Waals surface area contributed by atoms with Crippen molar-refractivity contribution in [3.63, 3.8) is 0 Å². The summed E-state index contributed by atoms with van der Waals surface area (Å²) < 4.78 is 1.99. The van der Waals surface area contributed by atoms with Crippen molar-refractivity contribution in [2.45, 2.75) is 20.0 Å². The largest absolute Gasteiger partial charge is 0.387 e. The average Bonchev–Trinajstić information content (AvgIpc) is 3.43. The van der Waals surface area contributed by atoms with Crippen molar-refractivity contribution in [2.75, 3.05) is 11.9 Å². The summed E-state index contributed by atoms with van der Waals surface area (Å²) in [5, 5.41) is 14.3. The summed E-state index contributed by atoms with van der Waals surface area (Å²) in [5.74, 6) is 1.32. The summed E-state index contributed by atoms with van der Waals surface area (Å²) in [6.45, 7) is 4.12. The number of fused-ring (bicyclic) bond motifs is 1. The normalized spacial score (nSPS) is 12.2. The molecule has 2 aromatic carbocycles. The first-order valence-electron chi connectivity index (χ1n) is 10.8. The third-order valence-corrected chi connectivity index (χ3v) is 6.02. The molecule has 0 fully saturated rings.